The van der Waals surface area contributed by atoms with Gasteiger partial charge in [-0.2, -0.15) is 0 Å². The Bertz CT molecular complexity index is 968. The third-order valence-corrected chi connectivity index (χ3v) is 4.23. The molecule has 2 N–H and O–H groups in total. The lowest BCUT2D eigenvalue weighted by molar-refractivity contribution is -0.116. The molecule has 140 valence electrons. The van der Waals surface area contributed by atoms with Gasteiger partial charge in [0, 0.05) is 17.7 Å². The van der Waals surface area contributed by atoms with Gasteiger partial charge in [0.15, 0.2) is 0 Å². The van der Waals surface area contributed by atoms with Gasteiger partial charge in [-0.1, -0.05) is 24.3 Å². The maximum absolute atomic E-state index is 12.8. The average molecular weight is 387 g/mol. The standard InChI is InChI=1S/C20H19ClN2O4/c1-26-16-10-5-3-8-14(16)22-20(25)19-18(23-17(24)11-6-12-21)13-7-2-4-9-15(13)27-19/h2-5,7-10H,6,11-12H2,1H3,(H,22,25)(H,23,24). The van der Waals surface area contributed by atoms with Gasteiger partial charge in [-0.3, -0.25) is 9.59 Å². The average Bonchev–Trinajstić information content (AvgIpc) is 3.05. The fourth-order valence-electron chi connectivity index (χ4n) is 2.69. The first kappa shape index (κ1) is 18.8. The van der Waals surface area contributed by atoms with Crippen molar-refractivity contribution >= 4 is 45.8 Å². The molecule has 6 nitrogen and oxygen atoms in total. The van der Waals surface area contributed by atoms with Crippen LogP contribution < -0.4 is 15.4 Å². The number of nitrogens with one attached hydrogen (secondary N) is 2. The minimum Gasteiger partial charge on any atom is -0.495 e. The number of amides is 2. The first-order valence-electron chi connectivity index (χ1n) is 8.45. The topological polar surface area (TPSA) is 80.6 Å². The summed E-state index contributed by atoms with van der Waals surface area (Å²) < 4.78 is 11.0. The highest BCUT2D eigenvalue weighted by Crippen LogP contribution is 2.32. The highest BCUT2D eigenvalue weighted by atomic mass is 35.5. The van der Waals surface area contributed by atoms with Crippen LogP contribution in [0.1, 0.15) is 23.4 Å². The predicted octanol–water partition coefficient (Wildman–Crippen LogP) is 4.65. The molecule has 0 atom stereocenters. The highest BCUT2D eigenvalue weighted by Gasteiger charge is 2.23. The van der Waals surface area contributed by atoms with Crippen LogP contribution in [0.3, 0.4) is 0 Å². The van der Waals surface area contributed by atoms with Crippen molar-refractivity contribution in [3.63, 3.8) is 0 Å². The van der Waals surface area contributed by atoms with Crippen LogP contribution in [0.2, 0.25) is 0 Å². The molecule has 0 saturated carbocycles. The minimum absolute atomic E-state index is 0.0290. The van der Waals surface area contributed by atoms with Gasteiger partial charge in [0.05, 0.1) is 12.8 Å². The summed E-state index contributed by atoms with van der Waals surface area (Å²) in [4.78, 5) is 25.0. The molecule has 1 aromatic heterocycles. The molecular formula is C20H19ClN2O4. The van der Waals surface area contributed by atoms with Crippen molar-refractivity contribution in [1.29, 1.82) is 0 Å². The van der Waals surface area contributed by atoms with Crippen molar-refractivity contribution in [2.45, 2.75) is 12.8 Å². The van der Waals surface area contributed by atoms with E-state index in [0.29, 0.717) is 40.4 Å². The zero-order chi connectivity index (χ0) is 19.2. The second kappa shape index (κ2) is 8.60. The molecule has 27 heavy (non-hydrogen) atoms. The van der Waals surface area contributed by atoms with Crippen LogP contribution in [0.25, 0.3) is 11.0 Å². The zero-order valence-electron chi connectivity index (χ0n) is 14.8. The summed E-state index contributed by atoms with van der Waals surface area (Å²) in [5.74, 6) is 0.230. The van der Waals surface area contributed by atoms with Crippen LogP contribution in [-0.4, -0.2) is 24.8 Å². The van der Waals surface area contributed by atoms with E-state index in [1.165, 1.54) is 7.11 Å². The van der Waals surface area contributed by atoms with Crippen LogP contribution in [0, 0.1) is 0 Å². The van der Waals surface area contributed by atoms with E-state index in [2.05, 4.69) is 10.6 Å². The van der Waals surface area contributed by atoms with Crippen molar-refractivity contribution < 1.29 is 18.7 Å². The smallest absolute Gasteiger partial charge is 0.293 e. The third-order valence-electron chi connectivity index (χ3n) is 3.96. The molecule has 0 fully saturated rings. The Kier molecular flexibility index (Phi) is 5.98. The fourth-order valence-corrected chi connectivity index (χ4v) is 2.82. The van der Waals surface area contributed by atoms with Gasteiger partial charge >= 0.3 is 0 Å². The highest BCUT2D eigenvalue weighted by molar-refractivity contribution is 6.18. The van der Waals surface area contributed by atoms with Gasteiger partial charge in [-0.15, -0.1) is 11.6 Å². The lowest BCUT2D eigenvalue weighted by Crippen LogP contribution is -2.17. The summed E-state index contributed by atoms with van der Waals surface area (Å²) in [7, 11) is 1.52. The number of hydrogen-bond donors (Lipinski definition) is 2. The molecule has 0 unspecified atom stereocenters. The van der Waals surface area contributed by atoms with E-state index in [9.17, 15) is 9.59 Å². The number of anilines is 2. The molecule has 0 aliphatic carbocycles. The van der Waals surface area contributed by atoms with Gasteiger partial charge in [0.1, 0.15) is 17.0 Å². The zero-order valence-corrected chi connectivity index (χ0v) is 15.5. The van der Waals surface area contributed by atoms with Crippen LogP contribution in [0.15, 0.2) is 52.9 Å². The molecule has 1 heterocycles. The number of furan rings is 1. The number of carbonyl (C=O) groups is 2. The molecule has 2 amide bonds. The molecule has 0 spiro atoms. The largest absolute Gasteiger partial charge is 0.495 e. The third kappa shape index (κ3) is 4.23. The SMILES string of the molecule is COc1ccccc1NC(=O)c1oc2ccccc2c1NC(=O)CCCCl. The van der Waals surface area contributed by atoms with E-state index >= 15 is 0 Å². The van der Waals surface area contributed by atoms with Gasteiger partial charge in [-0.05, 0) is 30.7 Å². The van der Waals surface area contributed by atoms with Crippen molar-refractivity contribution in [3.05, 3.63) is 54.3 Å². The lowest BCUT2D eigenvalue weighted by atomic mass is 10.2. The molecule has 0 bridgehead atoms. The monoisotopic (exact) mass is 386 g/mol. The molecular weight excluding hydrogens is 368 g/mol. The Morgan fingerprint density at radius 3 is 2.59 bits per heavy atom. The molecule has 3 aromatic rings. The minimum atomic E-state index is -0.483. The molecule has 0 aliphatic heterocycles. The molecule has 0 saturated heterocycles. The van der Waals surface area contributed by atoms with Crippen LogP contribution in [0.4, 0.5) is 11.4 Å². The number of benzene rings is 2. The van der Waals surface area contributed by atoms with Crippen LogP contribution >= 0.6 is 11.6 Å². The maximum atomic E-state index is 12.8. The number of para-hydroxylation sites is 3. The number of methoxy groups -OCH3 is 1. The molecule has 7 heteroatoms. The molecule has 0 aliphatic rings. The van der Waals surface area contributed by atoms with Crippen molar-refractivity contribution in [1.82, 2.24) is 0 Å². The van der Waals surface area contributed by atoms with Gasteiger partial charge in [-0.25, -0.2) is 0 Å². The van der Waals surface area contributed by atoms with Gasteiger partial charge in [0.25, 0.3) is 5.91 Å². The van der Waals surface area contributed by atoms with Crippen molar-refractivity contribution in [2.75, 3.05) is 23.6 Å². The number of halogens is 1. The Morgan fingerprint density at radius 1 is 1.07 bits per heavy atom. The predicted molar refractivity (Wildman–Crippen MR) is 106 cm³/mol. The summed E-state index contributed by atoms with van der Waals surface area (Å²) in [5, 5.41) is 6.20. The number of rotatable bonds is 7. The van der Waals surface area contributed by atoms with E-state index < -0.39 is 5.91 Å². The van der Waals surface area contributed by atoms with E-state index in [4.69, 9.17) is 20.8 Å². The van der Waals surface area contributed by atoms with E-state index in [1.807, 2.05) is 6.07 Å². The van der Waals surface area contributed by atoms with E-state index in [0.717, 1.165) is 0 Å². The second-order valence-electron chi connectivity index (χ2n) is 5.80. The molecule has 2 aromatic carbocycles. The summed E-state index contributed by atoms with van der Waals surface area (Å²) in [6.07, 6.45) is 0.808. The fraction of sp³-hybridized carbons (Fsp3) is 0.200. The molecule has 3 rings (SSSR count). The number of alkyl halides is 1. The van der Waals surface area contributed by atoms with Crippen LogP contribution in [-0.2, 0) is 4.79 Å². The Labute approximate surface area is 161 Å². The van der Waals surface area contributed by atoms with Crippen molar-refractivity contribution in [2.24, 2.45) is 0 Å². The van der Waals surface area contributed by atoms with Crippen LogP contribution in [0.5, 0.6) is 5.75 Å². The molecule has 0 radical (unpaired) electrons. The van der Waals surface area contributed by atoms with Gasteiger partial charge < -0.3 is 19.8 Å². The maximum Gasteiger partial charge on any atom is 0.293 e. The quantitative estimate of drug-likeness (QED) is 0.579. The Hall–Kier alpha value is -2.99. The number of hydrogen-bond acceptors (Lipinski definition) is 4. The van der Waals surface area contributed by atoms with Crippen molar-refractivity contribution in [3.8, 4) is 5.75 Å². The first-order chi connectivity index (χ1) is 13.1. The number of ether oxygens (including phenoxy) is 1. The van der Waals surface area contributed by atoms with Gasteiger partial charge in [0.2, 0.25) is 11.7 Å². The summed E-state index contributed by atoms with van der Waals surface area (Å²) in [5.41, 5.74) is 1.36. The number of carbonyl (C=O) groups excluding carboxylic acids is 2. The first-order valence-corrected chi connectivity index (χ1v) is 8.99. The summed E-state index contributed by atoms with van der Waals surface area (Å²) in [6.45, 7) is 0. The normalized spacial score (nSPS) is 10.6. The number of fused-ring (bicyclic) bond motifs is 1. The van der Waals surface area contributed by atoms with E-state index in [1.54, 1.807) is 42.5 Å². The lowest BCUT2D eigenvalue weighted by Gasteiger charge is -2.10. The Morgan fingerprint density at radius 2 is 1.81 bits per heavy atom. The summed E-state index contributed by atoms with van der Waals surface area (Å²) >= 11 is 5.65. The van der Waals surface area contributed by atoms with E-state index in [-0.39, 0.29) is 18.1 Å². The Balaban J connectivity index is 1.94. The summed E-state index contributed by atoms with van der Waals surface area (Å²) in [6, 6.07) is 14.2. The second-order valence-corrected chi connectivity index (χ2v) is 6.18.